The van der Waals surface area contributed by atoms with Crippen LogP contribution in [-0.2, 0) is 11.3 Å². The van der Waals surface area contributed by atoms with Crippen LogP contribution in [0, 0.1) is 12.7 Å². The summed E-state index contributed by atoms with van der Waals surface area (Å²) in [4.78, 5) is 22.0. The number of carbonyl (C=O) groups is 1. The van der Waals surface area contributed by atoms with Crippen LogP contribution < -0.4 is 0 Å². The number of halogens is 4. The monoisotopic (exact) mass is 382 g/mol. The molecule has 0 saturated carbocycles. The van der Waals surface area contributed by atoms with Gasteiger partial charge in [-0.25, -0.2) is 14.4 Å². The van der Waals surface area contributed by atoms with Crippen LogP contribution in [0.5, 0.6) is 0 Å². The molecule has 9 heteroatoms. The van der Waals surface area contributed by atoms with Gasteiger partial charge in [0.25, 0.3) is 0 Å². The lowest BCUT2D eigenvalue weighted by Crippen LogP contribution is -2.52. The molecule has 1 fully saturated rings. The molecule has 0 unspecified atom stereocenters. The van der Waals surface area contributed by atoms with Crippen molar-refractivity contribution < 1.29 is 22.4 Å². The Morgan fingerprint density at radius 1 is 1.11 bits per heavy atom. The molecule has 0 spiro atoms. The predicted octanol–water partition coefficient (Wildman–Crippen LogP) is 2.80. The molecule has 0 aliphatic carbocycles. The van der Waals surface area contributed by atoms with E-state index in [1.54, 1.807) is 25.1 Å². The van der Waals surface area contributed by atoms with Crippen molar-refractivity contribution in [2.75, 3.05) is 26.2 Å². The zero-order valence-electron chi connectivity index (χ0n) is 14.6. The van der Waals surface area contributed by atoms with Gasteiger partial charge < -0.3 is 4.90 Å². The van der Waals surface area contributed by atoms with Gasteiger partial charge in [-0.3, -0.25) is 9.69 Å². The van der Waals surface area contributed by atoms with Crippen LogP contribution in [0.3, 0.4) is 0 Å². The first-order valence-corrected chi connectivity index (χ1v) is 8.40. The molecule has 0 N–H and O–H groups in total. The Bertz CT molecular complexity index is 832. The summed E-state index contributed by atoms with van der Waals surface area (Å²) in [6.45, 7) is 2.79. The molecule has 3 rings (SSSR count). The second kappa shape index (κ2) is 7.59. The molecule has 5 nitrogen and oxygen atoms in total. The SMILES string of the molecule is Cc1cc(-c2ccc(CN3CCN(C(=O)C(F)(F)F)CC3)cc2F)ncn1. The Morgan fingerprint density at radius 2 is 1.81 bits per heavy atom. The van der Waals surface area contributed by atoms with Gasteiger partial charge in [0.05, 0.1) is 5.69 Å². The van der Waals surface area contributed by atoms with Gasteiger partial charge in [0.2, 0.25) is 0 Å². The summed E-state index contributed by atoms with van der Waals surface area (Å²) in [6, 6.07) is 6.49. The number of alkyl halides is 3. The average molecular weight is 382 g/mol. The van der Waals surface area contributed by atoms with E-state index < -0.39 is 17.9 Å². The Kier molecular flexibility index (Phi) is 5.41. The second-order valence-electron chi connectivity index (χ2n) is 6.42. The number of rotatable bonds is 3. The molecular formula is C18H18F4N4O. The molecule has 1 aromatic heterocycles. The van der Waals surface area contributed by atoms with Crippen LogP contribution in [0.15, 0.2) is 30.6 Å². The van der Waals surface area contributed by atoms with Gasteiger partial charge in [-0.2, -0.15) is 13.2 Å². The molecule has 0 atom stereocenters. The molecule has 1 amide bonds. The van der Waals surface area contributed by atoms with E-state index in [-0.39, 0.29) is 13.1 Å². The number of amides is 1. The number of piperazine rings is 1. The second-order valence-corrected chi connectivity index (χ2v) is 6.42. The highest BCUT2D eigenvalue weighted by molar-refractivity contribution is 5.81. The van der Waals surface area contributed by atoms with Gasteiger partial charge in [0, 0.05) is 44.0 Å². The Balaban J connectivity index is 1.63. The van der Waals surface area contributed by atoms with Gasteiger partial charge in [-0.1, -0.05) is 6.07 Å². The Labute approximate surface area is 153 Å². The molecule has 0 radical (unpaired) electrons. The van der Waals surface area contributed by atoms with Crippen molar-refractivity contribution in [2.45, 2.75) is 19.6 Å². The van der Waals surface area contributed by atoms with Gasteiger partial charge in [-0.15, -0.1) is 0 Å². The van der Waals surface area contributed by atoms with Crippen molar-refractivity contribution in [1.82, 2.24) is 19.8 Å². The summed E-state index contributed by atoms with van der Waals surface area (Å²) in [7, 11) is 0. The third-order valence-corrected chi connectivity index (χ3v) is 4.42. The van der Waals surface area contributed by atoms with Crippen molar-refractivity contribution in [3.05, 3.63) is 47.7 Å². The minimum absolute atomic E-state index is 0.000872. The number of nitrogens with zero attached hydrogens (tertiary/aromatic N) is 4. The van der Waals surface area contributed by atoms with E-state index in [4.69, 9.17) is 0 Å². The number of hydrogen-bond acceptors (Lipinski definition) is 4. The molecule has 2 aromatic rings. The average Bonchev–Trinajstić information content (AvgIpc) is 2.61. The quantitative estimate of drug-likeness (QED) is 0.766. The van der Waals surface area contributed by atoms with Crippen molar-refractivity contribution in [3.63, 3.8) is 0 Å². The predicted molar refractivity (Wildman–Crippen MR) is 90.1 cm³/mol. The summed E-state index contributed by atoms with van der Waals surface area (Å²) in [5, 5.41) is 0. The highest BCUT2D eigenvalue weighted by Crippen LogP contribution is 2.23. The van der Waals surface area contributed by atoms with E-state index >= 15 is 0 Å². The van der Waals surface area contributed by atoms with E-state index in [2.05, 4.69) is 9.97 Å². The van der Waals surface area contributed by atoms with E-state index in [1.165, 1.54) is 12.4 Å². The van der Waals surface area contributed by atoms with Gasteiger partial charge in [0.1, 0.15) is 12.1 Å². The summed E-state index contributed by atoms with van der Waals surface area (Å²) >= 11 is 0. The minimum atomic E-state index is -4.85. The number of carbonyl (C=O) groups excluding carboxylic acids is 1. The lowest BCUT2D eigenvalue weighted by atomic mass is 10.1. The molecular weight excluding hydrogens is 364 g/mol. The molecule has 1 saturated heterocycles. The van der Waals surface area contributed by atoms with Crippen molar-refractivity contribution in [1.29, 1.82) is 0 Å². The third kappa shape index (κ3) is 4.60. The number of aryl methyl sites for hydroxylation is 1. The molecule has 1 aromatic carbocycles. The topological polar surface area (TPSA) is 49.3 Å². The normalized spacial score (nSPS) is 15.8. The lowest BCUT2D eigenvalue weighted by molar-refractivity contribution is -0.187. The summed E-state index contributed by atoms with van der Waals surface area (Å²) in [5.74, 6) is -2.23. The van der Waals surface area contributed by atoms with Gasteiger partial charge in [-0.05, 0) is 30.7 Å². The maximum Gasteiger partial charge on any atom is 0.471 e. The van der Waals surface area contributed by atoms with Crippen LogP contribution in [0.25, 0.3) is 11.3 Å². The minimum Gasteiger partial charge on any atom is -0.332 e. The standard InChI is InChI=1S/C18H18F4N4O/c1-12-8-16(24-11-23-12)14-3-2-13(9-15(14)19)10-25-4-6-26(7-5-25)17(27)18(20,21)22/h2-3,8-9,11H,4-7,10H2,1H3. The first-order valence-electron chi connectivity index (χ1n) is 8.40. The van der Waals surface area contributed by atoms with E-state index in [1.807, 2.05) is 4.90 Å². The van der Waals surface area contributed by atoms with E-state index in [0.29, 0.717) is 36.5 Å². The maximum absolute atomic E-state index is 14.5. The molecule has 144 valence electrons. The number of aromatic nitrogens is 2. The smallest absolute Gasteiger partial charge is 0.332 e. The third-order valence-electron chi connectivity index (χ3n) is 4.42. The fraction of sp³-hybridized carbons (Fsp3) is 0.389. The van der Waals surface area contributed by atoms with E-state index in [9.17, 15) is 22.4 Å². The lowest BCUT2D eigenvalue weighted by Gasteiger charge is -2.35. The summed E-state index contributed by atoms with van der Waals surface area (Å²) in [6.07, 6.45) is -3.47. The van der Waals surface area contributed by atoms with Crippen LogP contribution in [-0.4, -0.2) is 58.0 Å². The zero-order valence-corrected chi connectivity index (χ0v) is 14.6. The van der Waals surface area contributed by atoms with Crippen molar-refractivity contribution in [3.8, 4) is 11.3 Å². The summed E-state index contributed by atoms with van der Waals surface area (Å²) in [5.41, 5.74) is 2.29. The van der Waals surface area contributed by atoms with Crippen molar-refractivity contribution in [2.24, 2.45) is 0 Å². The number of benzene rings is 1. The largest absolute Gasteiger partial charge is 0.471 e. The molecule has 2 heterocycles. The van der Waals surface area contributed by atoms with Crippen molar-refractivity contribution >= 4 is 5.91 Å². The maximum atomic E-state index is 14.5. The zero-order chi connectivity index (χ0) is 19.6. The van der Waals surface area contributed by atoms with Gasteiger partial charge >= 0.3 is 12.1 Å². The fourth-order valence-corrected chi connectivity index (χ4v) is 3.01. The van der Waals surface area contributed by atoms with Crippen LogP contribution >= 0.6 is 0 Å². The fourth-order valence-electron chi connectivity index (χ4n) is 3.01. The number of hydrogen-bond donors (Lipinski definition) is 0. The first kappa shape index (κ1) is 19.2. The van der Waals surface area contributed by atoms with Crippen LogP contribution in [0.2, 0.25) is 0 Å². The molecule has 1 aliphatic rings. The molecule has 1 aliphatic heterocycles. The van der Waals surface area contributed by atoms with Crippen LogP contribution in [0.1, 0.15) is 11.3 Å². The Hall–Kier alpha value is -2.55. The van der Waals surface area contributed by atoms with Crippen LogP contribution in [0.4, 0.5) is 17.6 Å². The highest BCUT2D eigenvalue weighted by Gasteiger charge is 2.43. The Morgan fingerprint density at radius 3 is 2.41 bits per heavy atom. The van der Waals surface area contributed by atoms with Gasteiger partial charge in [0.15, 0.2) is 0 Å². The molecule has 0 bridgehead atoms. The molecule has 27 heavy (non-hydrogen) atoms. The highest BCUT2D eigenvalue weighted by atomic mass is 19.4. The summed E-state index contributed by atoms with van der Waals surface area (Å²) < 4.78 is 51.9. The van der Waals surface area contributed by atoms with E-state index in [0.717, 1.165) is 10.6 Å². The first-order chi connectivity index (χ1) is 12.7.